The molecule has 1 unspecified atom stereocenters. The Morgan fingerprint density at radius 3 is 2.55 bits per heavy atom. The number of thiophene rings is 1. The summed E-state index contributed by atoms with van der Waals surface area (Å²) in [5.41, 5.74) is 1.12. The van der Waals surface area contributed by atoms with Crippen molar-refractivity contribution >= 4 is 33.2 Å². The molecule has 2 nitrogen and oxygen atoms in total. The van der Waals surface area contributed by atoms with Gasteiger partial charge in [-0.3, -0.25) is 4.79 Å². The minimum Gasteiger partial charge on any atom is -0.335 e. The topological polar surface area (TPSA) is 20.3 Å². The van der Waals surface area contributed by atoms with Crippen LogP contribution in [0.15, 0.2) is 33.4 Å². The smallest absolute Gasteiger partial charge is 0.254 e. The van der Waals surface area contributed by atoms with Gasteiger partial charge in [-0.05, 0) is 46.6 Å². The van der Waals surface area contributed by atoms with E-state index in [1.807, 2.05) is 0 Å². The molecule has 0 aliphatic heterocycles. The number of benzene rings is 1. The van der Waals surface area contributed by atoms with Crippen molar-refractivity contribution in [2.45, 2.75) is 13.0 Å². The van der Waals surface area contributed by atoms with Gasteiger partial charge in [0.1, 0.15) is 0 Å². The molecule has 1 amide bonds. The first-order valence-corrected chi connectivity index (χ1v) is 7.53. The predicted molar refractivity (Wildman–Crippen MR) is 78.9 cm³/mol. The molecule has 20 heavy (non-hydrogen) atoms. The molecule has 0 spiro atoms. The molecular weight excluding hydrogens is 348 g/mol. The van der Waals surface area contributed by atoms with Crippen molar-refractivity contribution in [2.24, 2.45) is 0 Å². The van der Waals surface area contributed by atoms with Crippen molar-refractivity contribution in [2.75, 3.05) is 7.05 Å². The molecule has 1 aromatic heterocycles. The number of nitrogens with zero attached hydrogens (tertiary/aromatic N) is 1. The van der Waals surface area contributed by atoms with Crippen LogP contribution in [0.4, 0.5) is 8.78 Å². The Hall–Kier alpha value is -1.27. The lowest BCUT2D eigenvalue weighted by atomic mass is 10.1. The minimum atomic E-state index is -0.909. The normalized spacial score (nSPS) is 12.2. The Bertz CT molecular complexity index is 644. The molecule has 1 aromatic carbocycles. The van der Waals surface area contributed by atoms with Crippen LogP contribution in [0.25, 0.3) is 0 Å². The molecule has 0 radical (unpaired) electrons. The number of carbonyl (C=O) groups is 1. The van der Waals surface area contributed by atoms with Gasteiger partial charge in [-0.15, -0.1) is 11.3 Å². The third-order valence-corrected chi connectivity index (χ3v) is 4.65. The molecule has 0 bridgehead atoms. The Morgan fingerprint density at radius 1 is 1.30 bits per heavy atom. The van der Waals surface area contributed by atoms with Crippen molar-refractivity contribution in [3.05, 3.63) is 56.2 Å². The van der Waals surface area contributed by atoms with Crippen LogP contribution in [0, 0.1) is 11.6 Å². The molecule has 0 saturated heterocycles. The van der Waals surface area contributed by atoms with E-state index in [0.717, 1.165) is 15.9 Å². The molecule has 0 N–H and O–H groups in total. The molecule has 0 fully saturated rings. The van der Waals surface area contributed by atoms with E-state index in [1.165, 1.54) is 22.3 Å². The minimum absolute atomic E-state index is 0.163. The fourth-order valence-electron chi connectivity index (χ4n) is 1.80. The number of rotatable bonds is 3. The van der Waals surface area contributed by atoms with Crippen LogP contribution >= 0.6 is 27.3 Å². The van der Waals surface area contributed by atoms with E-state index < -0.39 is 11.6 Å². The molecule has 1 atom stereocenters. The Kier molecular flexibility index (Phi) is 4.55. The van der Waals surface area contributed by atoms with Gasteiger partial charge in [-0.1, -0.05) is 6.07 Å². The van der Waals surface area contributed by atoms with Crippen LogP contribution in [0.5, 0.6) is 0 Å². The highest BCUT2D eigenvalue weighted by Crippen LogP contribution is 2.26. The van der Waals surface area contributed by atoms with Gasteiger partial charge in [0, 0.05) is 12.4 Å². The zero-order valence-corrected chi connectivity index (χ0v) is 13.3. The summed E-state index contributed by atoms with van der Waals surface area (Å²) in [4.78, 5) is 13.8. The molecule has 6 heteroatoms. The van der Waals surface area contributed by atoms with Gasteiger partial charge < -0.3 is 4.90 Å². The fraction of sp³-hybridized carbons (Fsp3) is 0.214. The second-order valence-electron chi connectivity index (χ2n) is 4.41. The van der Waals surface area contributed by atoms with Crippen molar-refractivity contribution < 1.29 is 13.6 Å². The van der Waals surface area contributed by atoms with Crippen LogP contribution in [0.3, 0.4) is 0 Å². The van der Waals surface area contributed by atoms with E-state index >= 15 is 0 Å². The molecule has 0 aliphatic carbocycles. The first-order chi connectivity index (χ1) is 9.40. The molecule has 2 aromatic rings. The van der Waals surface area contributed by atoms with Gasteiger partial charge in [0.05, 0.1) is 15.4 Å². The summed E-state index contributed by atoms with van der Waals surface area (Å²) < 4.78 is 27.0. The van der Waals surface area contributed by atoms with Gasteiger partial charge in [0.2, 0.25) is 0 Å². The van der Waals surface area contributed by atoms with Crippen molar-refractivity contribution in [1.82, 2.24) is 4.90 Å². The summed E-state index contributed by atoms with van der Waals surface area (Å²) in [5.74, 6) is -1.96. The largest absolute Gasteiger partial charge is 0.335 e. The molecule has 1 heterocycles. The van der Waals surface area contributed by atoms with E-state index in [-0.39, 0.29) is 11.9 Å². The maximum absolute atomic E-state index is 13.2. The van der Waals surface area contributed by atoms with Gasteiger partial charge in [-0.2, -0.15) is 0 Å². The van der Waals surface area contributed by atoms with Crippen molar-refractivity contribution in [1.29, 1.82) is 0 Å². The van der Waals surface area contributed by atoms with Crippen LogP contribution in [-0.2, 0) is 0 Å². The summed E-state index contributed by atoms with van der Waals surface area (Å²) in [6.45, 7) is 1.77. The average Bonchev–Trinajstić information content (AvgIpc) is 2.86. The highest BCUT2D eigenvalue weighted by Gasteiger charge is 2.20. The SMILES string of the molecule is CC(c1ccc(F)c(F)c1)N(C)C(=O)c1csc(Br)c1. The Morgan fingerprint density at radius 2 is 2.00 bits per heavy atom. The highest BCUT2D eigenvalue weighted by molar-refractivity contribution is 9.11. The standard InChI is InChI=1S/C14H12BrF2NOS/c1-8(9-3-4-11(16)12(17)5-9)18(2)14(19)10-6-13(15)20-7-10/h3-8H,1-2H3. The second kappa shape index (κ2) is 6.01. The van der Waals surface area contributed by atoms with Crippen LogP contribution in [0.2, 0.25) is 0 Å². The maximum atomic E-state index is 13.2. The van der Waals surface area contributed by atoms with Crippen molar-refractivity contribution in [3.63, 3.8) is 0 Å². The average molecular weight is 360 g/mol. The molecule has 2 rings (SSSR count). The zero-order valence-electron chi connectivity index (χ0n) is 10.9. The van der Waals surface area contributed by atoms with E-state index in [1.54, 1.807) is 25.4 Å². The van der Waals surface area contributed by atoms with E-state index in [4.69, 9.17) is 0 Å². The predicted octanol–water partition coefficient (Wildman–Crippen LogP) is 4.62. The zero-order chi connectivity index (χ0) is 14.9. The number of hydrogen-bond acceptors (Lipinski definition) is 2. The summed E-state index contributed by atoms with van der Waals surface area (Å²) in [7, 11) is 1.64. The lowest BCUT2D eigenvalue weighted by molar-refractivity contribution is 0.0743. The molecule has 0 saturated carbocycles. The maximum Gasteiger partial charge on any atom is 0.254 e. The first-order valence-electron chi connectivity index (χ1n) is 5.86. The third-order valence-electron chi connectivity index (χ3n) is 3.14. The molecular formula is C14H12BrF2NOS. The fourth-order valence-corrected chi connectivity index (χ4v) is 2.93. The highest BCUT2D eigenvalue weighted by atomic mass is 79.9. The summed E-state index contributed by atoms with van der Waals surface area (Å²) in [6, 6.07) is 5.06. The lowest BCUT2D eigenvalue weighted by Crippen LogP contribution is -2.29. The number of halogens is 3. The van der Waals surface area contributed by atoms with Crippen LogP contribution in [0.1, 0.15) is 28.9 Å². The van der Waals surface area contributed by atoms with Crippen molar-refractivity contribution in [3.8, 4) is 0 Å². The monoisotopic (exact) mass is 359 g/mol. The number of hydrogen-bond donors (Lipinski definition) is 0. The van der Waals surface area contributed by atoms with Gasteiger partial charge >= 0.3 is 0 Å². The van der Waals surface area contributed by atoms with E-state index in [9.17, 15) is 13.6 Å². The number of amides is 1. The third kappa shape index (κ3) is 3.07. The number of carbonyl (C=O) groups excluding carboxylic acids is 1. The first kappa shape index (κ1) is 15.1. The molecule has 0 aliphatic rings. The van der Waals surface area contributed by atoms with Gasteiger partial charge in [-0.25, -0.2) is 8.78 Å². The van der Waals surface area contributed by atoms with Crippen LogP contribution < -0.4 is 0 Å². The summed E-state index contributed by atoms with van der Waals surface area (Å²) in [5, 5.41) is 1.75. The Labute approximate surface area is 128 Å². The molecule has 106 valence electrons. The summed E-state index contributed by atoms with van der Waals surface area (Å²) in [6.07, 6.45) is 0. The Balaban J connectivity index is 2.21. The van der Waals surface area contributed by atoms with E-state index in [2.05, 4.69) is 15.9 Å². The van der Waals surface area contributed by atoms with Gasteiger partial charge in [0.15, 0.2) is 11.6 Å². The lowest BCUT2D eigenvalue weighted by Gasteiger charge is -2.25. The quantitative estimate of drug-likeness (QED) is 0.782. The second-order valence-corrected chi connectivity index (χ2v) is 6.70. The van der Waals surface area contributed by atoms with Crippen LogP contribution in [-0.4, -0.2) is 17.9 Å². The van der Waals surface area contributed by atoms with E-state index in [0.29, 0.717) is 11.1 Å². The summed E-state index contributed by atoms with van der Waals surface area (Å²) >= 11 is 4.73. The van der Waals surface area contributed by atoms with Gasteiger partial charge in [0.25, 0.3) is 5.91 Å².